The van der Waals surface area contributed by atoms with Crippen molar-refractivity contribution in [2.75, 3.05) is 0 Å². The number of pyridine rings is 1. The summed E-state index contributed by atoms with van der Waals surface area (Å²) < 4.78 is 31.1. The van der Waals surface area contributed by atoms with Crippen molar-refractivity contribution < 1.29 is 13.0 Å². The van der Waals surface area contributed by atoms with Crippen LogP contribution < -0.4 is 0 Å². The fourth-order valence-corrected chi connectivity index (χ4v) is 2.36. The van der Waals surface area contributed by atoms with E-state index in [1.807, 2.05) is 6.92 Å². The Morgan fingerprint density at radius 3 is 2.43 bits per heavy atom. The lowest BCUT2D eigenvalue weighted by molar-refractivity contribution is 0.463. The Hall–Kier alpha value is -0.940. The van der Waals surface area contributed by atoms with Gasteiger partial charge < -0.3 is 0 Å². The van der Waals surface area contributed by atoms with Gasteiger partial charge in [0.25, 0.3) is 10.1 Å². The van der Waals surface area contributed by atoms with Crippen molar-refractivity contribution >= 4 is 10.1 Å². The minimum atomic E-state index is -4.01. The average molecular weight is 215 g/mol. The van der Waals surface area contributed by atoms with Gasteiger partial charge in [-0.15, -0.1) is 0 Å². The van der Waals surface area contributed by atoms with Crippen molar-refractivity contribution in [3.63, 3.8) is 0 Å². The third-order valence-electron chi connectivity index (χ3n) is 1.99. The van der Waals surface area contributed by atoms with Crippen LogP contribution in [0, 0.1) is 0 Å². The van der Waals surface area contributed by atoms with Crippen molar-refractivity contribution in [1.29, 1.82) is 0 Å². The van der Waals surface area contributed by atoms with Crippen LogP contribution in [0.5, 0.6) is 0 Å². The van der Waals surface area contributed by atoms with Gasteiger partial charge in [0.15, 0.2) is 0 Å². The summed E-state index contributed by atoms with van der Waals surface area (Å²) >= 11 is 0. The molecule has 78 valence electrons. The standard InChI is InChI=1S/C9H13NO3S/c1-2-3-9(14(11,12)13)8-4-6-10-7-5-8/h4-7,9H,2-3H2,1H3,(H,11,12,13). The second-order valence-corrected chi connectivity index (χ2v) is 4.67. The molecule has 4 nitrogen and oxygen atoms in total. The van der Waals surface area contributed by atoms with Gasteiger partial charge in [0.05, 0.1) is 0 Å². The number of hydrogen-bond acceptors (Lipinski definition) is 3. The maximum absolute atomic E-state index is 11.1. The lowest BCUT2D eigenvalue weighted by atomic mass is 10.1. The summed E-state index contributed by atoms with van der Waals surface area (Å²) in [6.07, 6.45) is 4.15. The fraction of sp³-hybridized carbons (Fsp3) is 0.444. The predicted octanol–water partition coefficient (Wildman–Crippen LogP) is 1.81. The average Bonchev–Trinajstić information content (AvgIpc) is 2.14. The Morgan fingerprint density at radius 2 is 2.00 bits per heavy atom. The second-order valence-electron chi connectivity index (χ2n) is 3.07. The van der Waals surface area contributed by atoms with Crippen LogP contribution in [-0.2, 0) is 10.1 Å². The Bertz CT molecular complexity index is 374. The molecule has 1 unspecified atom stereocenters. The first-order valence-corrected chi connectivity index (χ1v) is 5.92. The molecule has 1 aromatic rings. The Labute approximate surface area is 83.7 Å². The molecule has 1 N–H and O–H groups in total. The van der Waals surface area contributed by atoms with Gasteiger partial charge in [-0.3, -0.25) is 9.54 Å². The third-order valence-corrected chi connectivity index (χ3v) is 3.22. The van der Waals surface area contributed by atoms with Gasteiger partial charge in [0, 0.05) is 12.4 Å². The molecule has 0 aromatic carbocycles. The highest BCUT2D eigenvalue weighted by Gasteiger charge is 2.23. The highest BCUT2D eigenvalue weighted by Crippen LogP contribution is 2.25. The molecule has 14 heavy (non-hydrogen) atoms. The molecule has 1 rings (SSSR count). The monoisotopic (exact) mass is 215 g/mol. The molecule has 0 saturated heterocycles. The Kier molecular flexibility index (Phi) is 3.60. The zero-order valence-corrected chi connectivity index (χ0v) is 8.74. The molecule has 0 fully saturated rings. The smallest absolute Gasteiger partial charge is 0.271 e. The number of nitrogens with zero attached hydrogens (tertiary/aromatic N) is 1. The van der Waals surface area contributed by atoms with E-state index in [4.69, 9.17) is 4.55 Å². The quantitative estimate of drug-likeness (QED) is 0.778. The summed E-state index contributed by atoms with van der Waals surface area (Å²) in [4.78, 5) is 3.79. The summed E-state index contributed by atoms with van der Waals surface area (Å²) in [5.41, 5.74) is 0.587. The van der Waals surface area contributed by atoms with E-state index in [1.165, 1.54) is 12.4 Å². The molecule has 0 aliphatic carbocycles. The fourth-order valence-electron chi connectivity index (χ4n) is 1.33. The minimum Gasteiger partial charge on any atom is -0.285 e. The molecule has 0 radical (unpaired) electrons. The van der Waals surface area contributed by atoms with E-state index < -0.39 is 15.4 Å². The maximum Gasteiger partial charge on any atom is 0.271 e. The molecular formula is C9H13NO3S. The first-order chi connectivity index (χ1) is 6.55. The highest BCUT2D eigenvalue weighted by molar-refractivity contribution is 7.86. The van der Waals surface area contributed by atoms with Crippen LogP contribution in [0.4, 0.5) is 0 Å². The van der Waals surface area contributed by atoms with Crippen molar-refractivity contribution in [3.8, 4) is 0 Å². The van der Waals surface area contributed by atoms with E-state index in [9.17, 15) is 8.42 Å². The highest BCUT2D eigenvalue weighted by atomic mass is 32.2. The van der Waals surface area contributed by atoms with Gasteiger partial charge in [-0.05, 0) is 24.1 Å². The lowest BCUT2D eigenvalue weighted by Gasteiger charge is -2.12. The normalized spacial score (nSPS) is 13.9. The number of rotatable bonds is 4. The van der Waals surface area contributed by atoms with Gasteiger partial charge in [-0.2, -0.15) is 8.42 Å². The summed E-state index contributed by atoms with van der Waals surface area (Å²) in [6.45, 7) is 1.87. The first-order valence-electron chi connectivity index (χ1n) is 4.42. The molecule has 0 amide bonds. The Morgan fingerprint density at radius 1 is 1.43 bits per heavy atom. The van der Waals surface area contributed by atoms with Crippen molar-refractivity contribution in [2.24, 2.45) is 0 Å². The van der Waals surface area contributed by atoms with Gasteiger partial charge in [0.2, 0.25) is 0 Å². The third kappa shape index (κ3) is 2.78. The van der Waals surface area contributed by atoms with Gasteiger partial charge >= 0.3 is 0 Å². The number of hydrogen-bond donors (Lipinski definition) is 1. The molecule has 0 aliphatic heterocycles. The number of aromatic nitrogens is 1. The van der Waals surface area contributed by atoms with Crippen LogP contribution >= 0.6 is 0 Å². The van der Waals surface area contributed by atoms with E-state index in [0.29, 0.717) is 18.4 Å². The van der Waals surface area contributed by atoms with E-state index >= 15 is 0 Å². The largest absolute Gasteiger partial charge is 0.285 e. The zero-order valence-electron chi connectivity index (χ0n) is 7.92. The van der Waals surface area contributed by atoms with Gasteiger partial charge in [-0.25, -0.2) is 0 Å². The molecule has 1 aromatic heterocycles. The molecule has 1 heterocycles. The Balaban J connectivity index is 3.02. The molecule has 0 saturated carbocycles. The van der Waals surface area contributed by atoms with Crippen molar-refractivity contribution in [3.05, 3.63) is 30.1 Å². The predicted molar refractivity (Wildman–Crippen MR) is 53.4 cm³/mol. The summed E-state index contributed by atoms with van der Waals surface area (Å²) in [5.74, 6) is 0. The molecule has 0 bridgehead atoms. The molecule has 1 atom stereocenters. The van der Waals surface area contributed by atoms with Crippen LogP contribution in [0.15, 0.2) is 24.5 Å². The summed E-state index contributed by atoms with van der Waals surface area (Å²) in [6, 6.07) is 3.21. The SMILES string of the molecule is CCCC(c1ccncc1)S(=O)(=O)O. The molecule has 0 spiro atoms. The van der Waals surface area contributed by atoms with Crippen LogP contribution in [0.2, 0.25) is 0 Å². The van der Waals surface area contributed by atoms with E-state index in [2.05, 4.69) is 4.98 Å². The minimum absolute atomic E-state index is 0.419. The molecular weight excluding hydrogens is 202 g/mol. The summed E-state index contributed by atoms with van der Waals surface area (Å²) in [7, 11) is -4.01. The van der Waals surface area contributed by atoms with E-state index in [1.54, 1.807) is 12.1 Å². The van der Waals surface area contributed by atoms with Gasteiger partial charge in [0.1, 0.15) is 5.25 Å². The van der Waals surface area contributed by atoms with Crippen LogP contribution in [-0.4, -0.2) is 18.0 Å². The van der Waals surface area contributed by atoms with Crippen LogP contribution in [0.3, 0.4) is 0 Å². The first kappa shape index (κ1) is 11.1. The maximum atomic E-state index is 11.1. The molecule has 0 aliphatic rings. The summed E-state index contributed by atoms with van der Waals surface area (Å²) in [5, 5.41) is -0.824. The van der Waals surface area contributed by atoms with Crippen LogP contribution in [0.25, 0.3) is 0 Å². The van der Waals surface area contributed by atoms with Crippen molar-refractivity contribution in [1.82, 2.24) is 4.98 Å². The van der Waals surface area contributed by atoms with Crippen molar-refractivity contribution in [2.45, 2.75) is 25.0 Å². The zero-order chi connectivity index (χ0) is 10.6. The molecule has 5 heteroatoms. The van der Waals surface area contributed by atoms with E-state index in [0.717, 1.165) is 0 Å². The lowest BCUT2D eigenvalue weighted by Crippen LogP contribution is -2.11. The second kappa shape index (κ2) is 4.52. The van der Waals surface area contributed by atoms with Crippen LogP contribution in [0.1, 0.15) is 30.6 Å². The van der Waals surface area contributed by atoms with E-state index in [-0.39, 0.29) is 0 Å². The topological polar surface area (TPSA) is 67.3 Å². The van der Waals surface area contributed by atoms with Gasteiger partial charge in [-0.1, -0.05) is 13.3 Å².